The molecule has 1 atom stereocenters. The second kappa shape index (κ2) is 6.19. The number of nitro benzene ring substituents is 1. The van der Waals surface area contributed by atoms with Crippen molar-refractivity contribution in [2.75, 3.05) is 0 Å². The van der Waals surface area contributed by atoms with E-state index >= 15 is 0 Å². The van der Waals surface area contributed by atoms with Crippen molar-refractivity contribution in [2.24, 2.45) is 0 Å². The van der Waals surface area contributed by atoms with Crippen LogP contribution in [0.2, 0.25) is 4.34 Å². The van der Waals surface area contributed by atoms with E-state index < -0.39 is 22.3 Å². The zero-order valence-electron chi connectivity index (χ0n) is 10.8. The van der Waals surface area contributed by atoms with E-state index in [9.17, 15) is 19.3 Å². The van der Waals surface area contributed by atoms with Crippen molar-refractivity contribution in [3.8, 4) is 0 Å². The minimum Gasteiger partial charge on any atom is -0.345 e. The Labute approximate surface area is 128 Å². The number of carbonyl (C=O) groups excluding carboxylic acids is 1. The molecule has 21 heavy (non-hydrogen) atoms. The van der Waals surface area contributed by atoms with Gasteiger partial charge in [-0.2, -0.15) is 4.39 Å². The molecule has 5 nitrogen and oxygen atoms in total. The van der Waals surface area contributed by atoms with Crippen LogP contribution in [-0.2, 0) is 0 Å². The first kappa shape index (κ1) is 15.4. The Balaban J connectivity index is 2.13. The van der Waals surface area contributed by atoms with Gasteiger partial charge in [0.1, 0.15) is 0 Å². The molecule has 0 fully saturated rings. The molecule has 1 aromatic carbocycles. The maximum atomic E-state index is 13.5. The van der Waals surface area contributed by atoms with Crippen molar-refractivity contribution in [1.29, 1.82) is 0 Å². The van der Waals surface area contributed by atoms with E-state index in [0.29, 0.717) is 4.34 Å². The fourth-order valence-electron chi connectivity index (χ4n) is 1.71. The SMILES string of the molecule is CC(NC(=O)c1ccc([N+](=O)[O-])c(F)c1)c1ccc(Cl)s1. The Morgan fingerprint density at radius 1 is 1.43 bits per heavy atom. The van der Waals surface area contributed by atoms with Crippen molar-refractivity contribution in [1.82, 2.24) is 5.32 Å². The van der Waals surface area contributed by atoms with Crippen LogP contribution in [0.3, 0.4) is 0 Å². The summed E-state index contributed by atoms with van der Waals surface area (Å²) in [5, 5.41) is 13.2. The van der Waals surface area contributed by atoms with Crippen LogP contribution in [0, 0.1) is 15.9 Å². The molecule has 1 N–H and O–H groups in total. The highest BCUT2D eigenvalue weighted by atomic mass is 35.5. The van der Waals surface area contributed by atoms with Crippen LogP contribution in [-0.4, -0.2) is 10.8 Å². The molecule has 0 bridgehead atoms. The lowest BCUT2D eigenvalue weighted by atomic mass is 10.1. The molecule has 110 valence electrons. The van der Waals surface area contributed by atoms with Gasteiger partial charge in [0, 0.05) is 16.5 Å². The summed E-state index contributed by atoms with van der Waals surface area (Å²) < 4.78 is 14.1. The molecule has 8 heteroatoms. The summed E-state index contributed by atoms with van der Waals surface area (Å²) in [4.78, 5) is 22.5. The second-order valence-electron chi connectivity index (χ2n) is 4.26. The number of nitrogens with zero attached hydrogens (tertiary/aromatic N) is 1. The third-order valence-corrected chi connectivity index (χ3v) is 4.19. The monoisotopic (exact) mass is 328 g/mol. The maximum Gasteiger partial charge on any atom is 0.304 e. The minimum atomic E-state index is -1.04. The van der Waals surface area contributed by atoms with E-state index in [1.165, 1.54) is 17.4 Å². The number of benzene rings is 1. The van der Waals surface area contributed by atoms with Crippen LogP contribution >= 0.6 is 22.9 Å². The molecule has 0 aliphatic heterocycles. The van der Waals surface area contributed by atoms with E-state index in [2.05, 4.69) is 5.32 Å². The van der Waals surface area contributed by atoms with Crippen molar-refractivity contribution >= 4 is 34.5 Å². The Bertz CT molecular complexity index is 704. The molecule has 0 saturated heterocycles. The Morgan fingerprint density at radius 3 is 2.67 bits per heavy atom. The van der Waals surface area contributed by atoms with Crippen molar-refractivity contribution in [3.63, 3.8) is 0 Å². The van der Waals surface area contributed by atoms with Crippen molar-refractivity contribution in [2.45, 2.75) is 13.0 Å². The average Bonchev–Trinajstić information content (AvgIpc) is 2.84. The summed E-state index contributed by atoms with van der Waals surface area (Å²) in [5.41, 5.74) is -0.641. The Morgan fingerprint density at radius 2 is 2.14 bits per heavy atom. The molecule has 1 heterocycles. The first-order valence-corrected chi connectivity index (χ1v) is 7.08. The van der Waals surface area contributed by atoms with E-state index in [1.807, 2.05) is 0 Å². The fraction of sp³-hybridized carbons (Fsp3) is 0.154. The lowest BCUT2D eigenvalue weighted by Gasteiger charge is -2.12. The van der Waals surface area contributed by atoms with Gasteiger partial charge in [-0.3, -0.25) is 14.9 Å². The number of hydrogen-bond acceptors (Lipinski definition) is 4. The van der Waals surface area contributed by atoms with Crippen molar-refractivity contribution < 1.29 is 14.1 Å². The summed E-state index contributed by atoms with van der Waals surface area (Å²) in [6.45, 7) is 1.77. The number of amides is 1. The molecular formula is C13H10ClFN2O3S. The van der Waals surface area contributed by atoms with Gasteiger partial charge in [0.25, 0.3) is 5.91 Å². The number of nitro groups is 1. The summed E-state index contributed by atoms with van der Waals surface area (Å²) in [7, 11) is 0. The van der Waals surface area contributed by atoms with Gasteiger partial charge < -0.3 is 5.32 Å². The molecule has 1 aromatic heterocycles. The predicted molar refractivity (Wildman–Crippen MR) is 78.3 cm³/mol. The van der Waals surface area contributed by atoms with Gasteiger partial charge in [-0.1, -0.05) is 11.6 Å². The third kappa shape index (κ3) is 3.56. The summed E-state index contributed by atoms with van der Waals surface area (Å²) in [6.07, 6.45) is 0. The van der Waals surface area contributed by atoms with Crippen LogP contribution < -0.4 is 5.32 Å². The van der Waals surface area contributed by atoms with Gasteiger partial charge in [-0.25, -0.2) is 0 Å². The second-order valence-corrected chi connectivity index (χ2v) is 6.01. The first-order chi connectivity index (χ1) is 9.88. The maximum absolute atomic E-state index is 13.5. The lowest BCUT2D eigenvalue weighted by Crippen LogP contribution is -2.26. The highest BCUT2D eigenvalue weighted by molar-refractivity contribution is 7.16. The van der Waals surface area contributed by atoms with Crippen LogP contribution in [0.1, 0.15) is 28.2 Å². The molecule has 2 rings (SSSR count). The largest absolute Gasteiger partial charge is 0.345 e. The third-order valence-electron chi connectivity index (χ3n) is 2.77. The average molecular weight is 329 g/mol. The van der Waals surface area contributed by atoms with Crippen LogP contribution in [0.5, 0.6) is 0 Å². The number of thiophene rings is 1. The molecule has 1 amide bonds. The zero-order chi connectivity index (χ0) is 15.6. The summed E-state index contributed by atoms with van der Waals surface area (Å²) in [5.74, 6) is -1.56. The molecule has 0 radical (unpaired) electrons. The van der Waals surface area contributed by atoms with Gasteiger partial charge in [-0.15, -0.1) is 11.3 Å². The number of carbonyl (C=O) groups is 1. The predicted octanol–water partition coefficient (Wildman–Crippen LogP) is 3.94. The molecule has 2 aromatic rings. The lowest BCUT2D eigenvalue weighted by molar-refractivity contribution is -0.387. The topological polar surface area (TPSA) is 72.2 Å². The summed E-state index contributed by atoms with van der Waals surface area (Å²) in [6, 6.07) is 6.24. The number of nitrogens with one attached hydrogen (secondary N) is 1. The van der Waals surface area contributed by atoms with Crippen molar-refractivity contribution in [3.05, 3.63) is 61.0 Å². The quantitative estimate of drug-likeness (QED) is 0.682. The van der Waals surface area contributed by atoms with Gasteiger partial charge in [0.05, 0.1) is 15.3 Å². The van der Waals surface area contributed by atoms with E-state index in [0.717, 1.165) is 17.0 Å². The highest BCUT2D eigenvalue weighted by Crippen LogP contribution is 2.27. The zero-order valence-corrected chi connectivity index (χ0v) is 12.4. The van der Waals surface area contributed by atoms with Crippen LogP contribution in [0.25, 0.3) is 0 Å². The smallest absolute Gasteiger partial charge is 0.304 e. The first-order valence-electron chi connectivity index (χ1n) is 5.88. The number of hydrogen-bond donors (Lipinski definition) is 1. The minimum absolute atomic E-state index is 0.0209. The molecule has 1 unspecified atom stereocenters. The fourth-order valence-corrected chi connectivity index (χ4v) is 2.77. The van der Waals surface area contributed by atoms with Gasteiger partial charge in [-0.05, 0) is 31.2 Å². The molecular weight excluding hydrogens is 319 g/mol. The molecule has 0 aliphatic carbocycles. The molecule has 0 saturated carbocycles. The van der Waals surface area contributed by atoms with E-state index in [1.54, 1.807) is 19.1 Å². The summed E-state index contributed by atoms with van der Waals surface area (Å²) >= 11 is 7.15. The Hall–Kier alpha value is -1.99. The standard InChI is InChI=1S/C13H10ClFN2O3S/c1-7(11-4-5-12(14)21-11)16-13(18)8-2-3-10(17(19)20)9(15)6-8/h2-7H,1H3,(H,16,18). The highest BCUT2D eigenvalue weighted by Gasteiger charge is 2.18. The van der Waals surface area contributed by atoms with Crippen LogP contribution in [0.15, 0.2) is 30.3 Å². The number of rotatable bonds is 4. The van der Waals surface area contributed by atoms with Crippen LogP contribution in [0.4, 0.5) is 10.1 Å². The van der Waals surface area contributed by atoms with Gasteiger partial charge in [0.15, 0.2) is 0 Å². The van der Waals surface area contributed by atoms with E-state index in [-0.39, 0.29) is 11.6 Å². The normalized spacial score (nSPS) is 12.0. The van der Waals surface area contributed by atoms with Gasteiger partial charge >= 0.3 is 5.69 Å². The number of halogens is 2. The Kier molecular flexibility index (Phi) is 4.54. The molecule has 0 aliphatic rings. The molecule has 0 spiro atoms. The van der Waals surface area contributed by atoms with Gasteiger partial charge in [0.2, 0.25) is 5.82 Å². The van der Waals surface area contributed by atoms with E-state index in [4.69, 9.17) is 11.6 Å².